The molecule has 2 nitrogen and oxygen atoms in total. The molecule has 0 radical (unpaired) electrons. The number of rotatable bonds is 5. The van der Waals surface area contributed by atoms with Crippen LogP contribution in [0.5, 0.6) is 5.75 Å². The Kier molecular flexibility index (Phi) is 7.32. The van der Waals surface area contributed by atoms with Gasteiger partial charge >= 0.3 is 0 Å². The van der Waals surface area contributed by atoms with Gasteiger partial charge in [0, 0.05) is 17.1 Å². The number of hydrogen-bond acceptors (Lipinski definition) is 2. The van der Waals surface area contributed by atoms with Crippen molar-refractivity contribution in [2.75, 3.05) is 7.11 Å². The first-order chi connectivity index (χ1) is 15.1. The van der Waals surface area contributed by atoms with Gasteiger partial charge in [-0.15, -0.1) is 0 Å². The number of benzene rings is 3. The van der Waals surface area contributed by atoms with Crippen LogP contribution in [0.15, 0.2) is 72.8 Å². The lowest BCUT2D eigenvalue weighted by Gasteiger charge is -2.35. The summed E-state index contributed by atoms with van der Waals surface area (Å²) in [6.07, 6.45) is 5.95. The Labute approximate surface area is 191 Å². The Hall–Kier alpha value is -2.29. The average molecular weight is 434 g/mol. The molecule has 1 aliphatic rings. The predicted molar refractivity (Wildman–Crippen MR) is 130 cm³/mol. The molecule has 0 saturated carbocycles. The van der Waals surface area contributed by atoms with Crippen LogP contribution in [0.25, 0.3) is 0 Å². The fraction of sp³-hybridized carbons (Fsp3) is 0.357. The average Bonchev–Trinajstić information content (AvgIpc) is 2.78. The van der Waals surface area contributed by atoms with Gasteiger partial charge in [0.2, 0.25) is 0 Å². The molecule has 1 fully saturated rings. The minimum absolute atomic E-state index is 0.283. The zero-order chi connectivity index (χ0) is 21.6. The molecule has 0 aliphatic carbocycles. The minimum Gasteiger partial charge on any atom is -0.497 e. The Morgan fingerprint density at radius 1 is 0.839 bits per heavy atom. The number of halogens is 1. The van der Waals surface area contributed by atoms with E-state index in [1.165, 1.54) is 41.5 Å². The third-order valence-electron chi connectivity index (χ3n) is 6.54. The van der Waals surface area contributed by atoms with Gasteiger partial charge in [0.1, 0.15) is 5.75 Å². The lowest BCUT2D eigenvalue weighted by atomic mass is 9.81. The molecule has 0 amide bonds. The van der Waals surface area contributed by atoms with Gasteiger partial charge < -0.3 is 10.1 Å². The van der Waals surface area contributed by atoms with E-state index < -0.39 is 0 Å². The largest absolute Gasteiger partial charge is 0.497 e. The molecule has 3 heteroatoms. The summed E-state index contributed by atoms with van der Waals surface area (Å²) in [6, 6.07) is 26.6. The van der Waals surface area contributed by atoms with Crippen molar-refractivity contribution in [3.05, 3.63) is 100 Å². The second-order valence-electron chi connectivity index (χ2n) is 8.76. The number of nitrogens with one attached hydrogen (secondary N) is 1. The second kappa shape index (κ2) is 10.3. The Balaban J connectivity index is 1.63. The maximum Gasteiger partial charge on any atom is 0.118 e. The first-order valence-electron chi connectivity index (χ1n) is 11.3. The molecule has 1 saturated heterocycles. The number of methoxy groups -OCH3 is 1. The zero-order valence-electron chi connectivity index (χ0n) is 18.5. The van der Waals surface area contributed by atoms with E-state index in [1.807, 2.05) is 12.1 Å². The Morgan fingerprint density at radius 3 is 2.16 bits per heavy atom. The molecule has 1 heterocycles. The Bertz CT molecular complexity index is 950. The monoisotopic (exact) mass is 433 g/mol. The molecule has 3 atom stereocenters. The standard InChI is InChI=1S/C28H32ClNO/c1-20-7-9-21(10-8-20)19-24-5-3-4-6-27(22-13-17-26(31-2)18-14-22)30-28(24)23-11-15-25(29)16-12-23/h7-18,24,27-28,30H,3-6,19H2,1-2H3/t24-,27+,28-/m1/s1. The molecule has 0 bridgehead atoms. The van der Waals surface area contributed by atoms with Crippen molar-refractivity contribution in [2.24, 2.45) is 5.92 Å². The maximum atomic E-state index is 6.21. The van der Waals surface area contributed by atoms with Crippen molar-refractivity contribution in [3.8, 4) is 5.75 Å². The molecule has 0 unspecified atom stereocenters. The van der Waals surface area contributed by atoms with Gasteiger partial charge in [0.05, 0.1) is 7.11 Å². The molecule has 3 aromatic rings. The predicted octanol–water partition coefficient (Wildman–Crippen LogP) is 7.46. The summed E-state index contributed by atoms with van der Waals surface area (Å²) in [7, 11) is 1.72. The van der Waals surface area contributed by atoms with E-state index in [2.05, 4.69) is 72.9 Å². The molecule has 1 aliphatic heterocycles. The lowest BCUT2D eigenvalue weighted by molar-refractivity contribution is 0.265. The van der Waals surface area contributed by atoms with Gasteiger partial charge in [-0.3, -0.25) is 0 Å². The molecular weight excluding hydrogens is 402 g/mol. The van der Waals surface area contributed by atoms with Crippen LogP contribution >= 0.6 is 11.6 Å². The van der Waals surface area contributed by atoms with Crippen LogP contribution in [-0.2, 0) is 6.42 Å². The maximum absolute atomic E-state index is 6.21. The number of aryl methyl sites for hydroxylation is 1. The van der Waals surface area contributed by atoms with Crippen LogP contribution < -0.4 is 10.1 Å². The summed E-state index contributed by atoms with van der Waals surface area (Å²) >= 11 is 6.21. The molecule has 162 valence electrons. The van der Waals surface area contributed by atoms with Gasteiger partial charge in [-0.1, -0.05) is 78.5 Å². The van der Waals surface area contributed by atoms with Crippen molar-refractivity contribution in [2.45, 2.75) is 51.1 Å². The highest BCUT2D eigenvalue weighted by molar-refractivity contribution is 6.30. The number of ether oxygens (including phenoxy) is 1. The summed E-state index contributed by atoms with van der Waals surface area (Å²) in [6.45, 7) is 2.15. The van der Waals surface area contributed by atoms with Gasteiger partial charge in [0.25, 0.3) is 0 Å². The summed E-state index contributed by atoms with van der Waals surface area (Å²) in [5, 5.41) is 4.83. The van der Waals surface area contributed by atoms with Crippen LogP contribution in [0, 0.1) is 12.8 Å². The topological polar surface area (TPSA) is 21.3 Å². The highest BCUT2D eigenvalue weighted by Crippen LogP contribution is 2.37. The minimum atomic E-state index is 0.283. The van der Waals surface area contributed by atoms with Crippen molar-refractivity contribution < 1.29 is 4.74 Å². The molecule has 31 heavy (non-hydrogen) atoms. The fourth-order valence-corrected chi connectivity index (χ4v) is 4.87. The van der Waals surface area contributed by atoms with Crippen LogP contribution in [0.3, 0.4) is 0 Å². The SMILES string of the molecule is COc1ccc([C@@H]2CCCC[C@H](Cc3ccc(C)cc3)[C@@H](c3ccc(Cl)cc3)N2)cc1. The van der Waals surface area contributed by atoms with E-state index in [9.17, 15) is 0 Å². The summed E-state index contributed by atoms with van der Waals surface area (Å²) in [5.74, 6) is 1.44. The first-order valence-corrected chi connectivity index (χ1v) is 11.7. The van der Waals surface area contributed by atoms with E-state index in [1.54, 1.807) is 7.11 Å². The van der Waals surface area contributed by atoms with Crippen LogP contribution in [0.1, 0.15) is 60.0 Å². The summed E-state index contributed by atoms with van der Waals surface area (Å²) < 4.78 is 5.36. The van der Waals surface area contributed by atoms with Crippen molar-refractivity contribution in [1.82, 2.24) is 5.32 Å². The first kappa shape index (κ1) is 21.9. The van der Waals surface area contributed by atoms with Crippen molar-refractivity contribution in [3.63, 3.8) is 0 Å². The molecular formula is C28H32ClNO. The van der Waals surface area contributed by atoms with E-state index in [0.717, 1.165) is 23.6 Å². The normalized spacial score (nSPS) is 21.8. The Morgan fingerprint density at radius 2 is 1.48 bits per heavy atom. The highest BCUT2D eigenvalue weighted by Gasteiger charge is 2.28. The van der Waals surface area contributed by atoms with E-state index in [0.29, 0.717) is 12.0 Å². The van der Waals surface area contributed by atoms with Crippen LogP contribution in [-0.4, -0.2) is 7.11 Å². The smallest absolute Gasteiger partial charge is 0.118 e. The number of hydrogen-bond donors (Lipinski definition) is 1. The van der Waals surface area contributed by atoms with E-state index in [4.69, 9.17) is 16.3 Å². The van der Waals surface area contributed by atoms with Gasteiger partial charge in [-0.25, -0.2) is 0 Å². The third kappa shape index (κ3) is 5.70. The molecule has 4 rings (SSSR count). The summed E-state index contributed by atoms with van der Waals surface area (Å²) in [5.41, 5.74) is 5.38. The zero-order valence-corrected chi connectivity index (χ0v) is 19.2. The molecule has 0 aromatic heterocycles. The van der Waals surface area contributed by atoms with Crippen molar-refractivity contribution >= 4 is 11.6 Å². The fourth-order valence-electron chi connectivity index (χ4n) is 4.74. The quantitative estimate of drug-likeness (QED) is 0.450. The lowest BCUT2D eigenvalue weighted by Crippen LogP contribution is -2.34. The van der Waals surface area contributed by atoms with Gasteiger partial charge in [0.15, 0.2) is 0 Å². The van der Waals surface area contributed by atoms with Crippen LogP contribution in [0.4, 0.5) is 0 Å². The van der Waals surface area contributed by atoms with E-state index >= 15 is 0 Å². The van der Waals surface area contributed by atoms with Crippen molar-refractivity contribution in [1.29, 1.82) is 0 Å². The molecule has 3 aromatic carbocycles. The molecule has 1 N–H and O–H groups in total. The van der Waals surface area contributed by atoms with Crippen LogP contribution in [0.2, 0.25) is 5.02 Å². The van der Waals surface area contributed by atoms with Gasteiger partial charge in [-0.2, -0.15) is 0 Å². The third-order valence-corrected chi connectivity index (χ3v) is 6.79. The summed E-state index contributed by atoms with van der Waals surface area (Å²) in [4.78, 5) is 0. The highest BCUT2D eigenvalue weighted by atomic mass is 35.5. The van der Waals surface area contributed by atoms with Gasteiger partial charge in [-0.05, 0) is 73.1 Å². The second-order valence-corrected chi connectivity index (χ2v) is 9.19. The molecule has 0 spiro atoms. The van der Waals surface area contributed by atoms with E-state index in [-0.39, 0.29) is 6.04 Å².